The Balaban J connectivity index is 5.53. The van der Waals surface area contributed by atoms with E-state index in [1.54, 1.807) is 20.9 Å². The monoisotopic (exact) mass is 441 g/mol. The van der Waals surface area contributed by atoms with Gasteiger partial charge in [0.05, 0.1) is 6.54 Å². The Kier molecular flexibility index (Phi) is 11.8. The molecule has 0 aromatic heterocycles. The molecule has 0 bridgehead atoms. The summed E-state index contributed by atoms with van der Waals surface area (Å²) in [6, 6.07) is -2.73. The molecule has 0 unspecified atom stereocenters. The molecule has 0 aromatic rings. The van der Waals surface area contributed by atoms with Crippen LogP contribution in [-0.2, 0) is 19.2 Å². The number of likely N-dealkylation sites (N-methyl/N-ethyl adjacent to an activating group) is 3. The van der Waals surface area contributed by atoms with E-state index in [4.69, 9.17) is 5.73 Å². The topological polar surface area (TPSA) is 133 Å². The molecule has 31 heavy (non-hydrogen) atoms. The van der Waals surface area contributed by atoms with E-state index in [2.05, 4.69) is 5.32 Å². The van der Waals surface area contributed by atoms with Crippen molar-refractivity contribution in [1.82, 2.24) is 20.0 Å². The van der Waals surface area contributed by atoms with Gasteiger partial charge in [0.2, 0.25) is 17.7 Å². The van der Waals surface area contributed by atoms with Gasteiger partial charge in [0, 0.05) is 27.6 Å². The number of carbonyl (C=O) groups excluding carboxylic acids is 5. The number of urea groups is 1. The van der Waals surface area contributed by atoms with Crippen molar-refractivity contribution < 1.29 is 24.0 Å². The Morgan fingerprint density at radius 3 is 1.90 bits per heavy atom. The molecule has 2 atom stereocenters. The van der Waals surface area contributed by atoms with E-state index in [0.29, 0.717) is 19.3 Å². The number of nitrogens with zero attached hydrogens (tertiary/aromatic N) is 3. The van der Waals surface area contributed by atoms with Crippen molar-refractivity contribution in [3.8, 4) is 0 Å². The second kappa shape index (κ2) is 12.9. The number of amides is 6. The van der Waals surface area contributed by atoms with Crippen LogP contribution in [0.3, 0.4) is 0 Å². The van der Waals surface area contributed by atoms with Gasteiger partial charge in [-0.15, -0.1) is 0 Å². The van der Waals surface area contributed by atoms with Crippen molar-refractivity contribution in [2.24, 2.45) is 17.6 Å². The molecule has 178 valence electrons. The Bertz CT molecular complexity index is 665. The number of rotatable bonds is 11. The lowest BCUT2D eigenvalue weighted by atomic mass is 9.99. The molecule has 0 spiro atoms. The first-order valence-electron chi connectivity index (χ1n) is 10.6. The molecular formula is C21H39N5O5. The Hall–Kier alpha value is -2.65. The Labute approximate surface area is 185 Å². The summed E-state index contributed by atoms with van der Waals surface area (Å²) >= 11 is 0. The number of hydrogen-bond acceptors (Lipinski definition) is 5. The van der Waals surface area contributed by atoms with Crippen LogP contribution in [0.15, 0.2) is 0 Å². The average Bonchev–Trinajstić information content (AvgIpc) is 2.67. The summed E-state index contributed by atoms with van der Waals surface area (Å²) in [5.74, 6) is -1.87. The molecule has 0 rings (SSSR count). The highest BCUT2D eigenvalue weighted by Crippen LogP contribution is 2.14. The lowest BCUT2D eigenvalue weighted by molar-refractivity contribution is -0.144. The fourth-order valence-corrected chi connectivity index (χ4v) is 2.95. The van der Waals surface area contributed by atoms with Crippen LogP contribution in [0, 0.1) is 11.8 Å². The highest BCUT2D eigenvalue weighted by atomic mass is 16.2. The number of nitrogens with two attached hydrogens (primary N) is 1. The second-order valence-electron chi connectivity index (χ2n) is 8.62. The van der Waals surface area contributed by atoms with Gasteiger partial charge in [-0.05, 0) is 24.7 Å². The largest absolute Gasteiger partial charge is 0.351 e. The van der Waals surface area contributed by atoms with E-state index in [1.165, 1.54) is 23.9 Å². The summed E-state index contributed by atoms with van der Waals surface area (Å²) in [4.78, 5) is 65.2. The SMILES string of the molecule is CCCC(=O)N(C)CC(=O)N(C)[C@@H](CC(C)C)C(=O)N[C@H](C(=O)N(C)C(N)=O)C(C)C. The smallest absolute Gasteiger partial charge is 0.321 e. The zero-order chi connectivity index (χ0) is 24.5. The van der Waals surface area contributed by atoms with Crippen LogP contribution in [0.25, 0.3) is 0 Å². The highest BCUT2D eigenvalue weighted by molar-refractivity contribution is 5.99. The summed E-state index contributed by atoms with van der Waals surface area (Å²) in [6.07, 6.45) is 1.39. The zero-order valence-corrected chi connectivity index (χ0v) is 20.1. The van der Waals surface area contributed by atoms with Crippen molar-refractivity contribution >= 4 is 29.7 Å². The molecule has 0 aliphatic rings. The molecule has 10 heteroatoms. The van der Waals surface area contributed by atoms with E-state index >= 15 is 0 Å². The molecule has 3 N–H and O–H groups in total. The van der Waals surface area contributed by atoms with E-state index < -0.39 is 29.9 Å². The summed E-state index contributed by atoms with van der Waals surface area (Å²) in [5, 5.41) is 2.68. The number of carbonyl (C=O) groups is 5. The van der Waals surface area contributed by atoms with E-state index in [9.17, 15) is 24.0 Å². The molecular weight excluding hydrogens is 402 g/mol. The minimum atomic E-state index is -0.975. The highest BCUT2D eigenvalue weighted by Gasteiger charge is 2.34. The number of primary amides is 1. The third-order valence-corrected chi connectivity index (χ3v) is 5.01. The van der Waals surface area contributed by atoms with Crippen molar-refractivity contribution in [2.45, 2.75) is 66.0 Å². The van der Waals surface area contributed by atoms with E-state index in [-0.39, 0.29) is 30.2 Å². The molecule has 0 aliphatic heterocycles. The zero-order valence-electron chi connectivity index (χ0n) is 20.1. The lowest BCUT2D eigenvalue weighted by Gasteiger charge is -2.32. The maximum atomic E-state index is 13.1. The van der Waals surface area contributed by atoms with Crippen molar-refractivity contribution in [2.75, 3.05) is 27.7 Å². The molecule has 0 aromatic carbocycles. The number of imide groups is 1. The summed E-state index contributed by atoms with van der Waals surface area (Å²) in [5.41, 5.74) is 5.18. The molecule has 0 fully saturated rings. The van der Waals surface area contributed by atoms with Crippen molar-refractivity contribution in [3.63, 3.8) is 0 Å². The molecule has 0 aliphatic carbocycles. The standard InChI is InChI=1S/C21H39N5O5/c1-9-10-16(27)24(6)12-17(28)25(7)15(11-13(2)3)19(29)23-18(14(4)5)20(30)26(8)21(22)31/h13-15,18H,9-12H2,1-8H3,(H2,22,31)(H,23,29)/t15-,18-/m0/s1. The first-order chi connectivity index (χ1) is 14.2. The predicted molar refractivity (Wildman–Crippen MR) is 118 cm³/mol. The van der Waals surface area contributed by atoms with Gasteiger partial charge < -0.3 is 20.9 Å². The van der Waals surface area contributed by atoms with Crippen LogP contribution in [0.4, 0.5) is 4.79 Å². The normalized spacial score (nSPS) is 12.8. The third kappa shape index (κ3) is 8.94. The van der Waals surface area contributed by atoms with E-state index in [1.807, 2.05) is 20.8 Å². The van der Waals surface area contributed by atoms with Gasteiger partial charge in [-0.1, -0.05) is 34.6 Å². The number of nitrogens with one attached hydrogen (secondary N) is 1. The van der Waals surface area contributed by atoms with Gasteiger partial charge in [-0.2, -0.15) is 0 Å². The van der Waals surface area contributed by atoms with Crippen LogP contribution in [0.5, 0.6) is 0 Å². The van der Waals surface area contributed by atoms with Gasteiger partial charge in [-0.3, -0.25) is 24.1 Å². The van der Waals surface area contributed by atoms with Crippen molar-refractivity contribution in [1.29, 1.82) is 0 Å². The quantitative estimate of drug-likeness (QED) is 0.489. The molecule has 0 saturated heterocycles. The summed E-state index contributed by atoms with van der Waals surface area (Å²) in [7, 11) is 4.31. The minimum Gasteiger partial charge on any atom is -0.351 e. The van der Waals surface area contributed by atoms with Gasteiger partial charge in [-0.25, -0.2) is 4.79 Å². The molecule has 0 radical (unpaired) electrons. The molecule has 10 nitrogen and oxygen atoms in total. The van der Waals surface area contributed by atoms with Crippen LogP contribution in [0.2, 0.25) is 0 Å². The molecule has 0 saturated carbocycles. The summed E-state index contributed by atoms with van der Waals surface area (Å²) in [6.45, 7) is 9.04. The Morgan fingerprint density at radius 2 is 1.48 bits per heavy atom. The maximum Gasteiger partial charge on any atom is 0.321 e. The van der Waals surface area contributed by atoms with Crippen molar-refractivity contribution in [3.05, 3.63) is 0 Å². The average molecular weight is 442 g/mol. The number of hydrogen-bond donors (Lipinski definition) is 2. The van der Waals surface area contributed by atoms with Crippen LogP contribution >= 0.6 is 0 Å². The molecule has 0 heterocycles. The van der Waals surface area contributed by atoms with Crippen LogP contribution < -0.4 is 11.1 Å². The fourth-order valence-electron chi connectivity index (χ4n) is 2.95. The van der Waals surface area contributed by atoms with Gasteiger partial charge in [0.1, 0.15) is 12.1 Å². The first-order valence-corrected chi connectivity index (χ1v) is 10.6. The Morgan fingerprint density at radius 1 is 0.935 bits per heavy atom. The van der Waals surface area contributed by atoms with Crippen LogP contribution in [-0.4, -0.2) is 84.1 Å². The van der Waals surface area contributed by atoms with Gasteiger partial charge in [0.15, 0.2) is 0 Å². The first kappa shape index (κ1) is 28.4. The minimum absolute atomic E-state index is 0.0898. The summed E-state index contributed by atoms with van der Waals surface area (Å²) < 4.78 is 0. The lowest BCUT2D eigenvalue weighted by Crippen LogP contribution is -2.58. The van der Waals surface area contributed by atoms with Crippen LogP contribution in [0.1, 0.15) is 53.9 Å². The predicted octanol–water partition coefficient (Wildman–Crippen LogP) is 0.796. The van der Waals surface area contributed by atoms with E-state index in [0.717, 1.165) is 4.90 Å². The maximum absolute atomic E-state index is 13.1. The third-order valence-electron chi connectivity index (χ3n) is 5.01. The van der Waals surface area contributed by atoms with Gasteiger partial charge in [0.25, 0.3) is 5.91 Å². The van der Waals surface area contributed by atoms with Gasteiger partial charge >= 0.3 is 6.03 Å². The second-order valence-corrected chi connectivity index (χ2v) is 8.62. The molecule has 6 amide bonds. The fraction of sp³-hybridized carbons (Fsp3) is 0.762.